The van der Waals surface area contributed by atoms with Gasteiger partial charge in [0, 0.05) is 6.07 Å². The Morgan fingerprint density at radius 2 is 1.81 bits per heavy atom. The second-order valence-electron chi connectivity index (χ2n) is 7.60. The Morgan fingerprint density at radius 1 is 1.03 bits per heavy atom. The zero-order valence-electron chi connectivity index (χ0n) is 18.8. The maximum absolute atomic E-state index is 12.9. The van der Waals surface area contributed by atoms with E-state index in [1.165, 1.54) is 13.2 Å². The Balaban J connectivity index is 1.50. The van der Waals surface area contributed by atoms with Gasteiger partial charge in [-0.25, -0.2) is 0 Å². The number of thioether (sulfide) groups is 1. The molecule has 0 atom stereocenters. The average molecular weight is 545 g/mol. The van der Waals surface area contributed by atoms with Crippen molar-refractivity contribution in [2.24, 2.45) is 0 Å². The number of hydrogen-bond donors (Lipinski definition) is 0. The summed E-state index contributed by atoms with van der Waals surface area (Å²) < 4.78 is 11.2. The number of para-hydroxylation sites is 1. The fourth-order valence-corrected chi connectivity index (χ4v) is 4.63. The van der Waals surface area contributed by atoms with Crippen molar-refractivity contribution in [1.29, 1.82) is 0 Å². The van der Waals surface area contributed by atoms with Gasteiger partial charge in [-0.15, -0.1) is 0 Å². The number of carbonyl (C=O) groups excluding carboxylic acids is 2. The molecular formula is C25H18Cl2N2O6S. The molecule has 36 heavy (non-hydrogen) atoms. The van der Waals surface area contributed by atoms with Gasteiger partial charge in [-0.2, -0.15) is 0 Å². The van der Waals surface area contributed by atoms with Crippen molar-refractivity contribution in [1.82, 2.24) is 4.90 Å². The molecule has 1 fully saturated rings. The SMILES string of the molecule is COc1cc(/C=C2\SC(=O)N(Cc3ccc(Cl)c(Cl)c3)C2=O)ccc1OCc1ccccc1[N+](=O)[O-]. The standard InChI is InChI=1S/C25H18Cl2N2O6S/c1-34-22-11-15(7-9-21(22)35-14-17-4-2-3-5-20(17)29(32)33)12-23-24(30)28(25(31)36-23)13-16-6-8-18(26)19(27)10-16/h2-12H,13-14H2,1H3/b23-12-. The first kappa shape index (κ1) is 25.6. The first-order valence-corrected chi connectivity index (χ1v) is 12.1. The zero-order chi connectivity index (χ0) is 25.8. The third-order valence-corrected chi connectivity index (χ3v) is 6.90. The van der Waals surface area contributed by atoms with E-state index in [2.05, 4.69) is 0 Å². The second kappa shape index (κ2) is 11.0. The Labute approximate surface area is 220 Å². The Morgan fingerprint density at radius 3 is 2.53 bits per heavy atom. The number of methoxy groups -OCH3 is 1. The number of benzene rings is 3. The minimum atomic E-state index is -0.465. The van der Waals surface area contributed by atoms with Crippen molar-refractivity contribution < 1.29 is 24.0 Å². The number of carbonyl (C=O) groups is 2. The molecule has 0 aliphatic carbocycles. The van der Waals surface area contributed by atoms with E-state index in [1.54, 1.807) is 60.7 Å². The topological polar surface area (TPSA) is 99.0 Å². The van der Waals surface area contributed by atoms with Crippen LogP contribution in [0.2, 0.25) is 10.0 Å². The quantitative estimate of drug-likeness (QED) is 0.176. The predicted molar refractivity (Wildman–Crippen MR) is 138 cm³/mol. The maximum atomic E-state index is 12.9. The van der Waals surface area contributed by atoms with Gasteiger partial charge in [0.05, 0.1) is 39.1 Å². The van der Waals surface area contributed by atoms with Gasteiger partial charge in [0.1, 0.15) is 6.61 Å². The number of rotatable bonds is 8. The molecule has 3 aromatic rings. The lowest BCUT2D eigenvalue weighted by atomic mass is 10.1. The molecule has 8 nitrogen and oxygen atoms in total. The molecule has 2 amide bonds. The highest BCUT2D eigenvalue weighted by atomic mass is 35.5. The van der Waals surface area contributed by atoms with Gasteiger partial charge in [-0.3, -0.25) is 24.6 Å². The Hall–Kier alpha value is -3.53. The van der Waals surface area contributed by atoms with Crippen molar-refractivity contribution in [3.8, 4) is 11.5 Å². The molecule has 0 bridgehead atoms. The number of nitro benzene ring substituents is 1. The molecule has 0 N–H and O–H groups in total. The van der Waals surface area contributed by atoms with E-state index in [4.69, 9.17) is 32.7 Å². The van der Waals surface area contributed by atoms with Crippen LogP contribution in [0, 0.1) is 10.1 Å². The summed E-state index contributed by atoms with van der Waals surface area (Å²) in [5, 5.41) is 11.6. The van der Waals surface area contributed by atoms with Crippen LogP contribution in [0.3, 0.4) is 0 Å². The minimum absolute atomic E-state index is 0.0273. The lowest BCUT2D eigenvalue weighted by molar-refractivity contribution is -0.385. The van der Waals surface area contributed by atoms with E-state index in [9.17, 15) is 19.7 Å². The van der Waals surface area contributed by atoms with Gasteiger partial charge >= 0.3 is 0 Å². The van der Waals surface area contributed by atoms with Crippen molar-refractivity contribution >= 4 is 57.9 Å². The normalized spacial score (nSPS) is 14.4. The molecule has 1 aliphatic heterocycles. The van der Waals surface area contributed by atoms with Crippen LogP contribution >= 0.6 is 35.0 Å². The highest BCUT2D eigenvalue weighted by Gasteiger charge is 2.35. The van der Waals surface area contributed by atoms with Crippen LogP contribution in [0.25, 0.3) is 6.08 Å². The molecule has 0 unspecified atom stereocenters. The predicted octanol–water partition coefficient (Wildman–Crippen LogP) is 6.73. The maximum Gasteiger partial charge on any atom is 0.293 e. The first-order chi connectivity index (χ1) is 17.3. The number of nitrogens with zero attached hydrogens (tertiary/aromatic N) is 2. The lowest BCUT2D eigenvalue weighted by Crippen LogP contribution is -2.27. The summed E-state index contributed by atoms with van der Waals surface area (Å²) in [5.74, 6) is 0.324. The van der Waals surface area contributed by atoms with Crippen LogP contribution < -0.4 is 9.47 Å². The summed E-state index contributed by atoms with van der Waals surface area (Å²) in [5.41, 5.74) is 1.67. The molecule has 11 heteroatoms. The lowest BCUT2D eigenvalue weighted by Gasteiger charge is -2.13. The van der Waals surface area contributed by atoms with Crippen molar-refractivity contribution in [3.63, 3.8) is 0 Å². The summed E-state index contributed by atoms with van der Waals surface area (Å²) in [4.78, 5) is 37.5. The Kier molecular flexibility index (Phi) is 7.83. The number of amides is 2. The molecule has 0 saturated carbocycles. The van der Waals surface area contributed by atoms with Crippen LogP contribution in [-0.4, -0.2) is 28.1 Å². The van der Waals surface area contributed by atoms with Crippen LogP contribution in [0.1, 0.15) is 16.7 Å². The molecular weight excluding hydrogens is 527 g/mol. The molecule has 4 rings (SSSR count). The largest absolute Gasteiger partial charge is 0.493 e. The molecule has 3 aromatic carbocycles. The van der Waals surface area contributed by atoms with Gasteiger partial charge in [-0.05, 0) is 59.3 Å². The van der Waals surface area contributed by atoms with Crippen molar-refractivity contribution in [3.05, 3.63) is 102 Å². The van der Waals surface area contributed by atoms with Gasteiger partial charge in [-0.1, -0.05) is 47.5 Å². The van der Waals surface area contributed by atoms with E-state index >= 15 is 0 Å². The third kappa shape index (κ3) is 5.64. The summed E-state index contributed by atoms with van der Waals surface area (Å²) in [6.45, 7) is 0.0427. The fourth-order valence-electron chi connectivity index (χ4n) is 3.47. The molecule has 1 aliphatic rings. The third-order valence-electron chi connectivity index (χ3n) is 5.26. The van der Waals surface area contributed by atoms with E-state index in [-0.39, 0.29) is 23.7 Å². The minimum Gasteiger partial charge on any atom is -0.493 e. The number of ether oxygens (including phenoxy) is 2. The Bertz CT molecular complexity index is 1390. The molecule has 1 heterocycles. The second-order valence-corrected chi connectivity index (χ2v) is 9.41. The van der Waals surface area contributed by atoms with Crippen LogP contribution in [0.15, 0.2) is 65.6 Å². The van der Waals surface area contributed by atoms with Crippen molar-refractivity contribution in [2.75, 3.05) is 7.11 Å². The van der Waals surface area contributed by atoms with Gasteiger partial charge < -0.3 is 9.47 Å². The monoisotopic (exact) mass is 544 g/mol. The number of halogens is 2. The first-order valence-electron chi connectivity index (χ1n) is 10.5. The number of imide groups is 1. The van der Waals surface area contributed by atoms with Gasteiger partial charge in [0.25, 0.3) is 16.8 Å². The van der Waals surface area contributed by atoms with E-state index in [1.807, 2.05) is 0 Å². The number of nitro groups is 1. The van der Waals surface area contributed by atoms with Crippen LogP contribution in [-0.2, 0) is 17.9 Å². The van der Waals surface area contributed by atoms with E-state index in [0.717, 1.165) is 16.7 Å². The van der Waals surface area contributed by atoms with E-state index in [0.29, 0.717) is 38.2 Å². The van der Waals surface area contributed by atoms with E-state index < -0.39 is 16.1 Å². The molecule has 0 radical (unpaired) electrons. The smallest absolute Gasteiger partial charge is 0.293 e. The molecule has 0 aromatic heterocycles. The average Bonchev–Trinajstić information content (AvgIpc) is 3.12. The highest BCUT2D eigenvalue weighted by Crippen LogP contribution is 2.36. The summed E-state index contributed by atoms with van der Waals surface area (Å²) in [6, 6.07) is 16.2. The summed E-state index contributed by atoms with van der Waals surface area (Å²) >= 11 is 12.8. The molecule has 184 valence electrons. The highest BCUT2D eigenvalue weighted by molar-refractivity contribution is 8.18. The summed E-state index contributed by atoms with van der Waals surface area (Å²) in [6.07, 6.45) is 1.59. The van der Waals surface area contributed by atoms with Crippen LogP contribution in [0.5, 0.6) is 11.5 Å². The zero-order valence-corrected chi connectivity index (χ0v) is 21.1. The number of hydrogen-bond acceptors (Lipinski definition) is 7. The van der Waals surface area contributed by atoms with Crippen LogP contribution in [0.4, 0.5) is 10.5 Å². The van der Waals surface area contributed by atoms with Gasteiger partial charge in [0.15, 0.2) is 11.5 Å². The van der Waals surface area contributed by atoms with Gasteiger partial charge in [0.2, 0.25) is 0 Å². The van der Waals surface area contributed by atoms with Crippen molar-refractivity contribution in [2.45, 2.75) is 13.2 Å². The molecule has 0 spiro atoms. The molecule has 1 saturated heterocycles. The fraction of sp³-hybridized carbons (Fsp3) is 0.120. The summed E-state index contributed by atoms with van der Waals surface area (Å²) in [7, 11) is 1.46.